The number of benzene rings is 1. The van der Waals surface area contributed by atoms with Crippen molar-refractivity contribution < 1.29 is 32.7 Å². The van der Waals surface area contributed by atoms with E-state index in [-0.39, 0.29) is 59.4 Å². The van der Waals surface area contributed by atoms with Gasteiger partial charge >= 0.3 is 12.2 Å². The number of nitrogens with zero attached hydrogens (tertiary/aromatic N) is 8. The number of hydrogen-bond acceptors (Lipinski definition) is 9. The van der Waals surface area contributed by atoms with Gasteiger partial charge in [-0.2, -0.15) is 22.7 Å². The fourth-order valence-corrected chi connectivity index (χ4v) is 7.76. The van der Waals surface area contributed by atoms with Crippen molar-refractivity contribution in [3.63, 3.8) is 0 Å². The number of piperidine rings is 1. The van der Waals surface area contributed by atoms with Crippen LogP contribution < -0.4 is 16.2 Å². The molecule has 2 aliphatic heterocycles. The number of aromatic hydroxyl groups is 1. The number of anilines is 1. The summed E-state index contributed by atoms with van der Waals surface area (Å²) in [4.78, 5) is 69.2. The van der Waals surface area contributed by atoms with Crippen molar-refractivity contribution in [2.45, 2.75) is 56.7 Å². The lowest BCUT2D eigenvalue weighted by molar-refractivity contribution is -0.137. The minimum absolute atomic E-state index is 0.0194. The van der Waals surface area contributed by atoms with Crippen molar-refractivity contribution in [2.24, 2.45) is 0 Å². The molecule has 4 aromatic rings. The van der Waals surface area contributed by atoms with E-state index < -0.39 is 34.5 Å². The minimum Gasteiger partial charge on any atom is -0.504 e. The third kappa shape index (κ3) is 6.66. The van der Waals surface area contributed by atoms with E-state index in [9.17, 15) is 37.5 Å². The van der Waals surface area contributed by atoms with Gasteiger partial charge in [-0.3, -0.25) is 14.4 Å². The van der Waals surface area contributed by atoms with E-state index in [0.717, 1.165) is 24.4 Å². The van der Waals surface area contributed by atoms with Crippen molar-refractivity contribution in [2.75, 3.05) is 38.5 Å². The topological polar surface area (TPSA) is 180 Å². The lowest BCUT2D eigenvalue weighted by Gasteiger charge is -2.45. The highest BCUT2D eigenvalue weighted by molar-refractivity contribution is 6.33. The second-order valence-corrected chi connectivity index (χ2v) is 13.7. The number of halogens is 4. The normalized spacial score (nSPS) is 17.0. The summed E-state index contributed by atoms with van der Waals surface area (Å²) in [6.45, 7) is 0.863. The van der Waals surface area contributed by atoms with Gasteiger partial charge in [0, 0.05) is 49.9 Å². The third-order valence-corrected chi connectivity index (χ3v) is 10.5. The molecule has 53 heavy (non-hydrogen) atoms. The molecule has 3 aliphatic rings. The maximum absolute atomic E-state index is 14.5. The molecule has 1 aromatic carbocycles. The summed E-state index contributed by atoms with van der Waals surface area (Å²) >= 11 is 6.15. The van der Waals surface area contributed by atoms with E-state index in [4.69, 9.17) is 16.6 Å². The number of likely N-dealkylation sites (tertiary alicyclic amines) is 1. The van der Waals surface area contributed by atoms with Gasteiger partial charge in [0.25, 0.3) is 11.5 Å². The molecule has 0 saturated carbocycles. The van der Waals surface area contributed by atoms with Crippen molar-refractivity contribution in [1.29, 1.82) is 0 Å². The Morgan fingerprint density at radius 1 is 1.08 bits per heavy atom. The van der Waals surface area contributed by atoms with Crippen molar-refractivity contribution in [3.8, 4) is 5.75 Å². The Balaban J connectivity index is 1.26. The van der Waals surface area contributed by atoms with E-state index in [0.29, 0.717) is 68.4 Å². The molecule has 5 heterocycles. The van der Waals surface area contributed by atoms with Gasteiger partial charge in [-0.25, -0.2) is 14.8 Å². The molecule has 1 aliphatic carbocycles. The molecule has 7 rings (SSSR count). The fourth-order valence-electron chi connectivity index (χ4n) is 7.53. The Hall–Kier alpha value is -5.52. The number of nitrogens with one attached hydrogen (secondary N) is 2. The monoisotopic (exact) mass is 754 g/mol. The summed E-state index contributed by atoms with van der Waals surface area (Å²) < 4.78 is 42.6. The molecule has 278 valence electrons. The number of carbonyl (C=O) groups excluding carboxylic acids is 3. The highest BCUT2D eigenvalue weighted by Crippen LogP contribution is 2.44. The molecule has 0 atom stereocenters. The Labute approximate surface area is 304 Å². The predicted octanol–water partition coefficient (Wildman–Crippen LogP) is 3.64. The van der Waals surface area contributed by atoms with Crippen LogP contribution in [0.5, 0.6) is 5.75 Å². The Morgan fingerprint density at radius 2 is 1.85 bits per heavy atom. The van der Waals surface area contributed by atoms with E-state index in [1.807, 2.05) is 6.08 Å². The third-order valence-electron chi connectivity index (χ3n) is 10.2. The van der Waals surface area contributed by atoms with Gasteiger partial charge in [-0.1, -0.05) is 17.7 Å². The molecule has 3 N–H and O–H groups in total. The standard InChI is InChI=1S/C34H34ClF3N10O5/c1-39-32(53)46-11-6-19(7-12-46)28-43-31-47(17-25(50)42-22-5-4-20(15-21(22)35)34(36,37)38)23-3-2-8-33(26(23)29(51)48(31)44-28)9-13-45(14-10-33)30(52)27-24(49)16-40-18-41-27/h4-6,15-16,18,49H,2-3,7-14,17H2,1H3,(H,39,53)(H,42,50). The van der Waals surface area contributed by atoms with Gasteiger partial charge in [0.05, 0.1) is 22.5 Å². The molecule has 19 heteroatoms. The van der Waals surface area contributed by atoms with Gasteiger partial charge in [0.1, 0.15) is 12.9 Å². The number of hydrogen-bond donors (Lipinski definition) is 3. The first kappa shape index (κ1) is 35.9. The van der Waals surface area contributed by atoms with Crippen LogP contribution in [0.4, 0.5) is 23.7 Å². The lowest BCUT2D eigenvalue weighted by Crippen LogP contribution is -2.50. The van der Waals surface area contributed by atoms with E-state index in [1.54, 1.807) is 21.4 Å². The molecule has 0 radical (unpaired) electrons. The summed E-state index contributed by atoms with van der Waals surface area (Å²) in [5, 5.41) is 19.7. The molecule has 4 amide bonds. The number of amides is 4. The number of carbonyl (C=O) groups is 3. The smallest absolute Gasteiger partial charge is 0.416 e. The summed E-state index contributed by atoms with van der Waals surface area (Å²) in [7, 11) is 1.54. The van der Waals surface area contributed by atoms with Crippen LogP contribution >= 0.6 is 11.6 Å². The van der Waals surface area contributed by atoms with Crippen LogP contribution in [0.15, 0.2) is 41.6 Å². The average Bonchev–Trinajstić information content (AvgIpc) is 3.60. The summed E-state index contributed by atoms with van der Waals surface area (Å²) in [6.07, 6.45) is 2.48. The van der Waals surface area contributed by atoms with Gasteiger partial charge in [0.15, 0.2) is 17.3 Å². The second kappa shape index (κ2) is 13.8. The second-order valence-electron chi connectivity index (χ2n) is 13.3. The zero-order valence-corrected chi connectivity index (χ0v) is 29.2. The van der Waals surface area contributed by atoms with Crippen LogP contribution in [0.1, 0.15) is 65.2 Å². The first-order valence-electron chi connectivity index (χ1n) is 16.9. The Kier molecular flexibility index (Phi) is 9.34. The van der Waals surface area contributed by atoms with Crippen LogP contribution in [0.3, 0.4) is 0 Å². The molecule has 15 nitrogen and oxygen atoms in total. The number of rotatable bonds is 5. The summed E-state index contributed by atoms with van der Waals surface area (Å²) in [5.74, 6) is -1.04. The molecular formula is C34H34ClF3N10O5. The average molecular weight is 755 g/mol. The molecule has 1 spiro atoms. The van der Waals surface area contributed by atoms with Gasteiger partial charge < -0.3 is 30.1 Å². The Morgan fingerprint density at radius 3 is 2.51 bits per heavy atom. The SMILES string of the molecule is CNC(=O)N1CC=C(c2nc3n(CC(=O)Nc4ccc(C(F)(F)F)cc4Cl)c4c(c(=O)n3n2)C2(CCC4)CCN(C(=O)c3ncncc3O)CC2)CC1. The Bertz CT molecular complexity index is 2230. The van der Waals surface area contributed by atoms with Gasteiger partial charge in [-0.05, 0) is 62.3 Å². The molecule has 1 fully saturated rings. The molecule has 0 unspecified atom stereocenters. The summed E-state index contributed by atoms with van der Waals surface area (Å²) in [6, 6.07) is 2.40. The van der Waals surface area contributed by atoms with Crippen LogP contribution in [0.2, 0.25) is 5.02 Å². The van der Waals surface area contributed by atoms with Crippen LogP contribution in [-0.4, -0.2) is 95.1 Å². The van der Waals surface area contributed by atoms with Crippen LogP contribution in [0, 0.1) is 0 Å². The van der Waals surface area contributed by atoms with Crippen LogP contribution in [0.25, 0.3) is 11.4 Å². The van der Waals surface area contributed by atoms with E-state index in [2.05, 4.69) is 25.7 Å². The largest absolute Gasteiger partial charge is 0.504 e. The van der Waals surface area contributed by atoms with Gasteiger partial charge in [-0.15, -0.1) is 5.10 Å². The maximum atomic E-state index is 14.5. The highest BCUT2D eigenvalue weighted by Gasteiger charge is 2.45. The van der Waals surface area contributed by atoms with E-state index in [1.165, 1.54) is 10.8 Å². The lowest BCUT2D eigenvalue weighted by atomic mass is 9.66. The van der Waals surface area contributed by atoms with Crippen molar-refractivity contribution in [1.82, 2.24) is 44.2 Å². The predicted molar refractivity (Wildman–Crippen MR) is 184 cm³/mol. The number of alkyl halides is 3. The molecule has 1 saturated heterocycles. The number of aromatic nitrogens is 6. The van der Waals surface area contributed by atoms with Gasteiger partial charge in [0.2, 0.25) is 11.7 Å². The van der Waals surface area contributed by atoms with Crippen molar-refractivity contribution in [3.05, 3.63) is 80.5 Å². The zero-order chi connectivity index (χ0) is 37.7. The molecular weight excluding hydrogens is 721 g/mol. The first-order chi connectivity index (χ1) is 25.3. The molecule has 3 aromatic heterocycles. The minimum atomic E-state index is -4.62. The quantitative estimate of drug-likeness (QED) is 0.274. The zero-order valence-electron chi connectivity index (χ0n) is 28.4. The van der Waals surface area contributed by atoms with Crippen molar-refractivity contribution >= 4 is 46.5 Å². The maximum Gasteiger partial charge on any atom is 0.416 e. The fraction of sp³-hybridized carbons (Fsp3) is 0.412. The first-order valence-corrected chi connectivity index (χ1v) is 17.3. The molecule has 0 bridgehead atoms. The highest BCUT2D eigenvalue weighted by atomic mass is 35.5. The number of urea groups is 1. The van der Waals surface area contributed by atoms with Crippen LogP contribution in [-0.2, 0) is 29.4 Å². The van der Waals surface area contributed by atoms with E-state index >= 15 is 0 Å². The summed E-state index contributed by atoms with van der Waals surface area (Å²) in [5.41, 5.74) is -0.409. The number of fused-ring (bicyclic) bond motifs is 3.